The first-order valence-electron chi connectivity index (χ1n) is 1.36. The summed E-state index contributed by atoms with van der Waals surface area (Å²) in [5.41, 5.74) is 0. The second-order valence-corrected chi connectivity index (χ2v) is 0.844. The molecule has 0 heterocycles. The first-order valence-corrected chi connectivity index (χ1v) is 1.36. The molecule has 7 heavy (non-hydrogen) atoms. The van der Waals surface area contributed by atoms with Crippen molar-refractivity contribution in [3.8, 4) is 0 Å². The van der Waals surface area contributed by atoms with Gasteiger partial charge in [0, 0.05) is 6.92 Å². The predicted molar refractivity (Wildman–Crippen MR) is 15.7 cm³/mol. The van der Waals surface area contributed by atoms with Crippen LogP contribution in [0.15, 0.2) is 0 Å². The summed E-state index contributed by atoms with van der Waals surface area (Å²) >= 11 is 0. The molecule has 0 saturated carbocycles. The largest absolute Gasteiger partial charge is 1.00 e. The molecule has 0 N–H and O–H groups in total. The summed E-state index contributed by atoms with van der Waals surface area (Å²) in [5.74, 6) is -2.56. The van der Waals surface area contributed by atoms with Crippen molar-refractivity contribution in [3.05, 3.63) is 0 Å². The zero-order chi connectivity index (χ0) is 5.15. The van der Waals surface area contributed by atoms with Gasteiger partial charge in [-0.15, -0.1) is 0 Å². The number of Topliss-reactive ketones (excluding diaryl/α,β-unsaturated/α-hetero) is 1. The van der Waals surface area contributed by atoms with Crippen LogP contribution in [0.5, 0.6) is 0 Å². The van der Waals surface area contributed by atoms with Crippen LogP contribution in [-0.4, -0.2) is 11.8 Å². The van der Waals surface area contributed by atoms with Gasteiger partial charge in [0.1, 0.15) is 5.97 Å². The van der Waals surface area contributed by atoms with Crippen molar-refractivity contribution in [1.82, 2.24) is 0 Å². The molecule has 0 radical (unpaired) electrons. The average molecular weight is 112 g/mol. The second-order valence-electron chi connectivity index (χ2n) is 0.844. The fourth-order valence-corrected chi connectivity index (χ4v) is 0. The van der Waals surface area contributed by atoms with Crippen molar-refractivity contribution in [1.29, 1.82) is 0 Å². The maximum Gasteiger partial charge on any atom is 1.00 e. The topological polar surface area (TPSA) is 57.2 Å². The van der Waals surface area contributed by atoms with E-state index >= 15 is 0 Å². The summed E-state index contributed by atoms with van der Waals surface area (Å²) in [4.78, 5) is 18.7. The maximum absolute atomic E-state index is 9.48. The Morgan fingerprint density at radius 2 is 1.57 bits per heavy atom. The van der Waals surface area contributed by atoms with Gasteiger partial charge in [0.05, 0.1) is 0 Å². The second kappa shape index (κ2) is 4.30. The first-order chi connectivity index (χ1) is 2.64. The SMILES string of the molecule is C[13C](=O)[13C](=O)[O-].[Na+]. The molecule has 0 aromatic rings. The third kappa shape index (κ3) is 6.14. The summed E-state index contributed by atoms with van der Waals surface area (Å²) in [6.07, 6.45) is 0. The van der Waals surface area contributed by atoms with E-state index in [2.05, 4.69) is 0 Å². The molecule has 0 bridgehead atoms. The number of carboxylic acids is 1. The number of hydrogen-bond acceptors (Lipinski definition) is 3. The maximum atomic E-state index is 9.48. The molecule has 0 aromatic heterocycles. The smallest absolute Gasteiger partial charge is 0.542 e. The van der Waals surface area contributed by atoms with E-state index in [0.717, 1.165) is 6.92 Å². The molecule has 34 valence electrons. The standard InChI is InChI=1S/C3H4O3.Na/c1-2(4)3(5)6;/h1H3,(H,5,6);/q;+1/p-1/i2+1,3+1;. The number of carboxylic acid groups (broad SMARTS) is 1. The van der Waals surface area contributed by atoms with Crippen molar-refractivity contribution < 1.29 is 44.3 Å². The average Bonchev–Trinajstić information content (AvgIpc) is 1.36. The Morgan fingerprint density at radius 1 is 1.43 bits per heavy atom. The minimum atomic E-state index is -1.63. The van der Waals surface area contributed by atoms with Gasteiger partial charge in [-0.2, -0.15) is 0 Å². The monoisotopic (exact) mass is 112 g/mol. The number of hydrogen-bond donors (Lipinski definition) is 0. The molecule has 0 spiro atoms. The zero-order valence-electron chi connectivity index (χ0n) is 4.22. The fourth-order valence-electron chi connectivity index (χ4n) is 0. The molecule has 0 atom stereocenters. The molecule has 0 aromatic carbocycles. The molecule has 0 aliphatic rings. The van der Waals surface area contributed by atoms with Gasteiger partial charge >= 0.3 is 29.6 Å². The van der Waals surface area contributed by atoms with Gasteiger partial charge in [-0.05, 0) is 0 Å². The summed E-state index contributed by atoms with van der Waals surface area (Å²) < 4.78 is 0. The van der Waals surface area contributed by atoms with Gasteiger partial charge in [0.2, 0.25) is 0 Å². The van der Waals surface area contributed by atoms with Gasteiger partial charge in [-0.25, -0.2) is 0 Å². The molecule has 0 fully saturated rings. The molecule has 0 aliphatic carbocycles. The van der Waals surface area contributed by atoms with E-state index in [0.29, 0.717) is 0 Å². The molecule has 0 amide bonds. The van der Waals surface area contributed by atoms with E-state index in [1.54, 1.807) is 0 Å². The van der Waals surface area contributed by atoms with Crippen LogP contribution in [0.2, 0.25) is 0 Å². The Balaban J connectivity index is 0. The zero-order valence-corrected chi connectivity index (χ0v) is 6.22. The first kappa shape index (κ1) is 10.2. The molecule has 0 unspecified atom stereocenters. The van der Waals surface area contributed by atoms with E-state index in [4.69, 9.17) is 0 Å². The van der Waals surface area contributed by atoms with Crippen molar-refractivity contribution >= 4 is 11.8 Å². The van der Waals surface area contributed by atoms with E-state index in [1.165, 1.54) is 0 Å². The van der Waals surface area contributed by atoms with Gasteiger partial charge in [0.15, 0.2) is 5.78 Å². The molecule has 0 rings (SSSR count). The van der Waals surface area contributed by atoms with Crippen LogP contribution in [0.3, 0.4) is 0 Å². The molecule has 4 heteroatoms. The Hall–Kier alpha value is 0.140. The Kier molecular flexibility index (Phi) is 6.26. The normalized spacial score (nSPS) is 6.43. The summed E-state index contributed by atoms with van der Waals surface area (Å²) in [6.45, 7) is 0.940. The Bertz CT molecular complexity index is 76.2. The number of aliphatic carboxylic acids is 1. The molecular formula is C3H3NaO3. The van der Waals surface area contributed by atoms with Gasteiger partial charge < -0.3 is 9.90 Å². The molecule has 3 nitrogen and oxygen atoms in total. The van der Waals surface area contributed by atoms with Crippen LogP contribution in [0.4, 0.5) is 0 Å². The summed E-state index contributed by atoms with van der Waals surface area (Å²) in [5, 5.41) is 9.24. The molecule has 0 saturated heterocycles. The van der Waals surface area contributed by atoms with Crippen LogP contribution in [0.25, 0.3) is 0 Å². The predicted octanol–water partition coefficient (Wildman–Crippen LogP) is -4.67. The van der Waals surface area contributed by atoms with Crippen molar-refractivity contribution in [3.63, 3.8) is 0 Å². The van der Waals surface area contributed by atoms with Crippen LogP contribution in [-0.2, 0) is 9.59 Å². The van der Waals surface area contributed by atoms with Gasteiger partial charge in [-0.1, -0.05) is 0 Å². The number of carbonyl (C=O) groups excluding carboxylic acids is 2. The van der Waals surface area contributed by atoms with Crippen molar-refractivity contribution in [2.45, 2.75) is 6.92 Å². The van der Waals surface area contributed by atoms with E-state index in [-0.39, 0.29) is 29.6 Å². The fraction of sp³-hybridized carbons (Fsp3) is 0.333. The van der Waals surface area contributed by atoms with Gasteiger partial charge in [-0.3, -0.25) is 4.79 Å². The molecule has 0 aliphatic heterocycles. The van der Waals surface area contributed by atoms with Crippen LogP contribution in [0.1, 0.15) is 6.92 Å². The third-order valence-electron chi connectivity index (χ3n) is 0.287. The number of rotatable bonds is 1. The van der Waals surface area contributed by atoms with Crippen molar-refractivity contribution in [2.24, 2.45) is 0 Å². The molecular weight excluding hydrogens is 109 g/mol. The van der Waals surface area contributed by atoms with Gasteiger partial charge in [0.25, 0.3) is 0 Å². The number of carbonyl (C=O) groups is 2. The minimum Gasteiger partial charge on any atom is -0.542 e. The Morgan fingerprint density at radius 3 is 1.57 bits per heavy atom. The Labute approximate surface area is 63.0 Å². The van der Waals surface area contributed by atoms with Crippen LogP contribution < -0.4 is 34.7 Å². The third-order valence-corrected chi connectivity index (χ3v) is 0.287. The van der Waals surface area contributed by atoms with Crippen LogP contribution in [0, 0.1) is 0 Å². The van der Waals surface area contributed by atoms with E-state index in [9.17, 15) is 14.7 Å². The summed E-state index contributed by atoms with van der Waals surface area (Å²) in [7, 11) is 0. The van der Waals surface area contributed by atoms with E-state index in [1.807, 2.05) is 0 Å². The van der Waals surface area contributed by atoms with Crippen LogP contribution >= 0.6 is 0 Å². The summed E-state index contributed by atoms with van der Waals surface area (Å²) in [6, 6.07) is 0. The van der Waals surface area contributed by atoms with E-state index < -0.39 is 11.8 Å². The quantitative estimate of drug-likeness (QED) is 0.194. The van der Waals surface area contributed by atoms with Crippen molar-refractivity contribution in [2.75, 3.05) is 0 Å². The number of ketones is 1. The minimum absolute atomic E-state index is 0.